The van der Waals surface area contributed by atoms with Gasteiger partial charge in [-0.15, -0.1) is 45.5 Å². The van der Waals surface area contributed by atoms with E-state index >= 15 is 0 Å². The van der Waals surface area contributed by atoms with Gasteiger partial charge in [-0.25, -0.2) is 4.99 Å². The molecule has 2 N–H and O–H groups in total. The van der Waals surface area contributed by atoms with Gasteiger partial charge in [0, 0.05) is 24.4 Å². The zero-order valence-electron chi connectivity index (χ0n) is 17.8. The fourth-order valence-electron chi connectivity index (χ4n) is 2.77. The minimum Gasteiger partial charge on any atom is -0.497 e. The molecule has 1 unspecified atom stereocenters. The quantitative estimate of drug-likeness (QED) is 0.258. The molecule has 2 aromatic heterocycles. The second-order valence-corrected chi connectivity index (χ2v) is 7.87. The van der Waals surface area contributed by atoms with Crippen LogP contribution in [-0.2, 0) is 20.1 Å². The smallest absolute Gasteiger partial charge is 0.191 e. The van der Waals surface area contributed by atoms with Gasteiger partial charge in [0.1, 0.15) is 11.6 Å². The Labute approximate surface area is 199 Å². The summed E-state index contributed by atoms with van der Waals surface area (Å²) in [6.07, 6.45) is 0. The first-order chi connectivity index (χ1) is 14.1. The van der Waals surface area contributed by atoms with Gasteiger partial charge in [0.25, 0.3) is 0 Å². The summed E-state index contributed by atoms with van der Waals surface area (Å²) in [6, 6.07) is 12.2. The third kappa shape index (κ3) is 6.69. The Bertz CT molecular complexity index is 924. The molecular weight excluding hydrogens is 511 g/mol. The van der Waals surface area contributed by atoms with Crippen molar-refractivity contribution in [3.63, 3.8) is 0 Å². The molecule has 0 spiro atoms. The van der Waals surface area contributed by atoms with Crippen LogP contribution in [0.5, 0.6) is 5.75 Å². The molecule has 0 radical (unpaired) electrons. The molecule has 7 nitrogen and oxygen atoms in total. The first-order valence-electron chi connectivity index (χ1n) is 9.60. The van der Waals surface area contributed by atoms with Gasteiger partial charge >= 0.3 is 0 Å². The molecule has 0 saturated carbocycles. The van der Waals surface area contributed by atoms with Crippen LogP contribution in [0.15, 0.2) is 46.8 Å². The highest BCUT2D eigenvalue weighted by Gasteiger charge is 2.10. The maximum absolute atomic E-state index is 5.22. The summed E-state index contributed by atoms with van der Waals surface area (Å²) in [7, 11) is 3.63. The van der Waals surface area contributed by atoms with Crippen molar-refractivity contribution >= 4 is 41.3 Å². The second kappa shape index (κ2) is 11.9. The number of benzene rings is 1. The molecule has 9 heteroatoms. The third-order valence-corrected chi connectivity index (χ3v) is 5.88. The molecule has 0 fully saturated rings. The van der Waals surface area contributed by atoms with Crippen molar-refractivity contribution < 1.29 is 4.74 Å². The summed E-state index contributed by atoms with van der Waals surface area (Å²) in [5.41, 5.74) is 1.12. The van der Waals surface area contributed by atoms with Gasteiger partial charge in [-0.1, -0.05) is 25.1 Å². The van der Waals surface area contributed by atoms with E-state index in [0.29, 0.717) is 19.0 Å². The van der Waals surface area contributed by atoms with E-state index < -0.39 is 0 Å². The van der Waals surface area contributed by atoms with Gasteiger partial charge in [0.05, 0.1) is 20.2 Å². The number of aromatic nitrogens is 3. The second-order valence-electron chi connectivity index (χ2n) is 6.89. The average Bonchev–Trinajstić information content (AvgIpc) is 3.39. The number of thiophene rings is 1. The van der Waals surface area contributed by atoms with Crippen molar-refractivity contribution in [3.8, 4) is 5.75 Å². The van der Waals surface area contributed by atoms with Crippen molar-refractivity contribution in [2.45, 2.75) is 32.9 Å². The number of guanidine groups is 1. The number of nitrogens with one attached hydrogen (secondary N) is 2. The van der Waals surface area contributed by atoms with Crippen molar-refractivity contribution in [3.05, 3.63) is 63.9 Å². The molecule has 0 aliphatic carbocycles. The van der Waals surface area contributed by atoms with Gasteiger partial charge in [-0.05, 0) is 36.1 Å². The number of aryl methyl sites for hydroxylation is 1. The number of halogens is 1. The topological polar surface area (TPSA) is 76.4 Å². The van der Waals surface area contributed by atoms with Gasteiger partial charge in [0.2, 0.25) is 0 Å². The minimum absolute atomic E-state index is 0. The molecule has 162 valence electrons. The summed E-state index contributed by atoms with van der Waals surface area (Å²) in [4.78, 5) is 6.11. The van der Waals surface area contributed by atoms with Crippen LogP contribution in [0.2, 0.25) is 0 Å². The van der Waals surface area contributed by atoms with Gasteiger partial charge < -0.3 is 19.9 Å². The Morgan fingerprint density at radius 3 is 2.57 bits per heavy atom. The molecule has 0 aliphatic heterocycles. The van der Waals surface area contributed by atoms with Crippen LogP contribution in [0.25, 0.3) is 0 Å². The fourth-order valence-corrected chi connectivity index (χ4v) is 3.55. The molecule has 30 heavy (non-hydrogen) atoms. The number of hydrogen-bond donors (Lipinski definition) is 2. The van der Waals surface area contributed by atoms with Gasteiger partial charge in [-0.2, -0.15) is 0 Å². The maximum Gasteiger partial charge on any atom is 0.191 e. The van der Waals surface area contributed by atoms with Crippen molar-refractivity contribution in [1.29, 1.82) is 0 Å². The van der Waals surface area contributed by atoms with Gasteiger partial charge in [-0.3, -0.25) is 0 Å². The highest BCUT2D eigenvalue weighted by Crippen LogP contribution is 2.19. The lowest BCUT2D eigenvalue weighted by atomic mass is 10.1. The molecule has 0 bridgehead atoms. The zero-order chi connectivity index (χ0) is 20.6. The van der Waals surface area contributed by atoms with E-state index in [4.69, 9.17) is 9.73 Å². The minimum atomic E-state index is 0. The van der Waals surface area contributed by atoms with E-state index in [2.05, 4.69) is 45.3 Å². The van der Waals surface area contributed by atoms with Crippen LogP contribution in [0.3, 0.4) is 0 Å². The molecule has 2 heterocycles. The summed E-state index contributed by atoms with van der Waals surface area (Å²) in [5.74, 6) is 3.76. The number of ether oxygens (including phenoxy) is 1. The summed E-state index contributed by atoms with van der Waals surface area (Å²) in [5, 5.41) is 17.3. The Balaban J connectivity index is 0.00000320. The highest BCUT2D eigenvalue weighted by molar-refractivity contribution is 14.0. The zero-order valence-corrected chi connectivity index (χ0v) is 20.9. The predicted octanol–water partition coefficient (Wildman–Crippen LogP) is 3.85. The van der Waals surface area contributed by atoms with E-state index in [0.717, 1.165) is 35.5 Å². The highest BCUT2D eigenvalue weighted by atomic mass is 127. The van der Waals surface area contributed by atoms with Gasteiger partial charge in [0.15, 0.2) is 11.8 Å². The largest absolute Gasteiger partial charge is 0.497 e. The van der Waals surface area contributed by atoms with Crippen LogP contribution >= 0.6 is 35.3 Å². The van der Waals surface area contributed by atoms with Crippen LogP contribution in [0.1, 0.15) is 34.9 Å². The van der Waals surface area contributed by atoms with Crippen molar-refractivity contribution in [2.75, 3.05) is 13.7 Å². The Morgan fingerprint density at radius 1 is 1.20 bits per heavy atom. The first-order valence-corrected chi connectivity index (χ1v) is 10.5. The number of aliphatic imine (C=N–C) groups is 1. The summed E-state index contributed by atoms with van der Waals surface area (Å²) >= 11 is 1.78. The Hall–Kier alpha value is -2.14. The fraction of sp³-hybridized carbons (Fsp3) is 0.381. The predicted molar refractivity (Wildman–Crippen MR) is 133 cm³/mol. The molecule has 0 amide bonds. The molecule has 3 rings (SSSR count). The van der Waals surface area contributed by atoms with E-state index in [1.165, 1.54) is 4.88 Å². The SMILES string of the molecule is COc1ccc(CN=C(NCc2nnc(C)n2C)NCC(C)c2cccs2)cc1.I. The molecule has 1 atom stereocenters. The average molecular weight is 540 g/mol. The normalized spacial score (nSPS) is 12.2. The Kier molecular flexibility index (Phi) is 9.57. The van der Waals surface area contributed by atoms with E-state index in [9.17, 15) is 0 Å². The monoisotopic (exact) mass is 540 g/mol. The molecule has 3 aromatic rings. The lowest BCUT2D eigenvalue weighted by Gasteiger charge is -2.16. The lowest BCUT2D eigenvalue weighted by molar-refractivity contribution is 0.414. The number of rotatable bonds is 8. The van der Waals surface area contributed by atoms with Crippen LogP contribution in [-0.4, -0.2) is 34.4 Å². The van der Waals surface area contributed by atoms with Crippen molar-refractivity contribution in [1.82, 2.24) is 25.4 Å². The maximum atomic E-state index is 5.22. The van der Waals surface area contributed by atoms with Crippen LogP contribution < -0.4 is 15.4 Å². The summed E-state index contributed by atoms with van der Waals surface area (Å²) in [6.45, 7) is 6.08. The standard InChI is InChI=1S/C21H28N6OS.HI/c1-15(19-6-5-11-29-19)12-22-21(24-14-20-26-25-16(2)27(20)3)23-13-17-7-9-18(28-4)10-8-17;/h5-11,15H,12-14H2,1-4H3,(H2,22,23,24);1H. The third-order valence-electron chi connectivity index (χ3n) is 4.78. The first kappa shape index (κ1) is 24.1. The summed E-state index contributed by atoms with van der Waals surface area (Å²) < 4.78 is 7.20. The van der Waals surface area contributed by atoms with Crippen LogP contribution in [0, 0.1) is 6.92 Å². The Morgan fingerprint density at radius 2 is 1.97 bits per heavy atom. The molecular formula is C21H29IN6OS. The van der Waals surface area contributed by atoms with E-state index in [-0.39, 0.29) is 24.0 Å². The van der Waals surface area contributed by atoms with Crippen LogP contribution in [0.4, 0.5) is 0 Å². The molecule has 0 aliphatic rings. The number of nitrogens with zero attached hydrogens (tertiary/aromatic N) is 4. The molecule has 0 saturated heterocycles. The lowest BCUT2D eigenvalue weighted by Crippen LogP contribution is -2.39. The van der Waals surface area contributed by atoms with E-state index in [1.54, 1.807) is 18.4 Å². The number of hydrogen-bond acceptors (Lipinski definition) is 5. The number of methoxy groups -OCH3 is 1. The van der Waals surface area contributed by atoms with E-state index in [1.807, 2.05) is 42.8 Å². The van der Waals surface area contributed by atoms with Crippen molar-refractivity contribution in [2.24, 2.45) is 12.0 Å². The molecule has 1 aromatic carbocycles.